The fraction of sp³-hybridized carbons (Fsp3) is 0.429. The normalized spacial score (nSPS) is 18.1. The van der Waals surface area contributed by atoms with Crippen molar-refractivity contribution in [3.63, 3.8) is 0 Å². The van der Waals surface area contributed by atoms with Crippen LogP contribution in [0.3, 0.4) is 0 Å². The van der Waals surface area contributed by atoms with Gasteiger partial charge in [-0.25, -0.2) is 4.98 Å². The van der Waals surface area contributed by atoms with E-state index < -0.39 is 5.95 Å². The number of aromatic nitrogens is 2. The molecule has 31 heavy (non-hydrogen) atoms. The monoisotopic (exact) mass is 442 g/mol. The molecule has 8 nitrogen and oxygen atoms in total. The smallest absolute Gasteiger partial charge is 0.220 e. The van der Waals surface area contributed by atoms with Gasteiger partial charge in [-0.3, -0.25) is 4.90 Å². The van der Waals surface area contributed by atoms with Gasteiger partial charge < -0.3 is 14.8 Å². The zero-order chi connectivity index (χ0) is 21.8. The Balaban J connectivity index is 1.58. The highest BCUT2D eigenvalue weighted by Gasteiger charge is 2.27. The van der Waals surface area contributed by atoms with E-state index in [1.165, 1.54) is 6.07 Å². The van der Waals surface area contributed by atoms with Crippen LogP contribution in [0, 0.1) is 28.6 Å². The number of rotatable bonds is 6. The van der Waals surface area contributed by atoms with Crippen LogP contribution in [0.25, 0.3) is 0 Å². The van der Waals surface area contributed by atoms with E-state index in [1.807, 2.05) is 6.07 Å². The minimum atomic E-state index is -0.598. The van der Waals surface area contributed by atoms with Crippen LogP contribution in [0.15, 0.2) is 12.1 Å². The Kier molecular flexibility index (Phi) is 6.47. The number of pyridine rings is 2. The van der Waals surface area contributed by atoms with E-state index in [1.54, 1.807) is 6.07 Å². The summed E-state index contributed by atoms with van der Waals surface area (Å²) < 4.78 is 25.0. The molecule has 2 aromatic rings. The Morgan fingerprint density at radius 1 is 1.32 bits per heavy atom. The highest BCUT2D eigenvalue weighted by molar-refractivity contribution is 6.30. The number of nitriles is 2. The van der Waals surface area contributed by atoms with Gasteiger partial charge in [0, 0.05) is 37.2 Å². The van der Waals surface area contributed by atoms with Crippen molar-refractivity contribution in [2.24, 2.45) is 0 Å². The Bertz CT molecular complexity index is 1060. The van der Waals surface area contributed by atoms with E-state index in [4.69, 9.17) is 26.3 Å². The van der Waals surface area contributed by atoms with Crippen molar-refractivity contribution in [2.45, 2.75) is 32.0 Å². The average molecular weight is 443 g/mol. The van der Waals surface area contributed by atoms with E-state index in [2.05, 4.69) is 26.3 Å². The molecule has 1 fully saturated rings. The molecule has 0 radical (unpaired) electrons. The van der Waals surface area contributed by atoms with Gasteiger partial charge in [-0.15, -0.1) is 0 Å². The molecule has 0 saturated carbocycles. The lowest BCUT2D eigenvalue weighted by atomic mass is 9.96. The third kappa shape index (κ3) is 4.70. The summed E-state index contributed by atoms with van der Waals surface area (Å²) in [6.07, 6.45) is 1.23. The van der Waals surface area contributed by atoms with Gasteiger partial charge in [0.1, 0.15) is 29.7 Å². The third-order valence-electron chi connectivity index (χ3n) is 5.34. The van der Waals surface area contributed by atoms with Gasteiger partial charge in [0.15, 0.2) is 0 Å². The summed E-state index contributed by atoms with van der Waals surface area (Å²) in [4.78, 5) is 10.3. The number of halogens is 2. The first-order valence-corrected chi connectivity index (χ1v) is 10.3. The van der Waals surface area contributed by atoms with Gasteiger partial charge in [-0.05, 0) is 24.1 Å². The number of hydrogen-bond donors (Lipinski definition) is 1. The molecule has 0 bridgehead atoms. The predicted octanol–water partition coefficient (Wildman–Crippen LogP) is 2.80. The molecule has 4 rings (SSSR count). The van der Waals surface area contributed by atoms with E-state index in [9.17, 15) is 9.65 Å². The molecule has 1 unspecified atom stereocenters. The fourth-order valence-corrected chi connectivity index (χ4v) is 4.09. The van der Waals surface area contributed by atoms with Gasteiger partial charge in [0.05, 0.1) is 24.8 Å². The van der Waals surface area contributed by atoms with Crippen molar-refractivity contribution in [1.29, 1.82) is 10.5 Å². The summed E-state index contributed by atoms with van der Waals surface area (Å²) >= 11 is 6.23. The van der Waals surface area contributed by atoms with Crippen LogP contribution in [0.2, 0.25) is 5.15 Å². The molecule has 2 aliphatic rings. The first-order chi connectivity index (χ1) is 15.1. The first kappa shape index (κ1) is 21.3. The molecule has 4 heterocycles. The van der Waals surface area contributed by atoms with Gasteiger partial charge in [-0.1, -0.05) is 11.6 Å². The molecular weight excluding hydrogens is 423 g/mol. The van der Waals surface area contributed by atoms with Gasteiger partial charge in [0.25, 0.3) is 0 Å². The van der Waals surface area contributed by atoms with E-state index in [-0.39, 0.29) is 23.7 Å². The van der Waals surface area contributed by atoms with E-state index >= 15 is 0 Å². The van der Waals surface area contributed by atoms with Crippen LogP contribution in [0.5, 0.6) is 5.88 Å². The van der Waals surface area contributed by atoms with Crippen molar-refractivity contribution in [3.05, 3.63) is 45.5 Å². The molecule has 0 amide bonds. The third-order valence-corrected chi connectivity index (χ3v) is 5.61. The highest BCUT2D eigenvalue weighted by Crippen LogP contribution is 2.33. The van der Waals surface area contributed by atoms with Crippen molar-refractivity contribution in [1.82, 2.24) is 14.9 Å². The second-order valence-corrected chi connectivity index (χ2v) is 7.73. The molecule has 0 aromatic carbocycles. The van der Waals surface area contributed by atoms with Crippen molar-refractivity contribution in [3.8, 4) is 18.0 Å². The quantitative estimate of drug-likeness (QED) is 0.537. The summed E-state index contributed by atoms with van der Waals surface area (Å²) in [5.41, 5.74) is 2.78. The molecule has 1 atom stereocenters. The van der Waals surface area contributed by atoms with Crippen LogP contribution in [0.4, 0.5) is 10.2 Å². The molecule has 10 heteroatoms. The van der Waals surface area contributed by atoms with Crippen molar-refractivity contribution in [2.75, 3.05) is 31.6 Å². The Morgan fingerprint density at radius 2 is 2.19 bits per heavy atom. The van der Waals surface area contributed by atoms with Crippen molar-refractivity contribution >= 4 is 17.4 Å². The average Bonchev–Trinajstić information content (AvgIpc) is 3.27. The Morgan fingerprint density at radius 3 is 2.94 bits per heavy atom. The molecule has 0 spiro atoms. The highest BCUT2D eigenvalue weighted by atomic mass is 35.5. The molecule has 160 valence electrons. The summed E-state index contributed by atoms with van der Waals surface area (Å²) in [5, 5.41) is 21.5. The van der Waals surface area contributed by atoms with E-state index in [0.29, 0.717) is 50.7 Å². The number of ether oxygens (including phenoxy) is 2. The summed E-state index contributed by atoms with van der Waals surface area (Å²) in [7, 11) is 0. The zero-order valence-electron chi connectivity index (χ0n) is 16.7. The number of nitrogens with one attached hydrogen (secondary N) is 1. The maximum Gasteiger partial charge on any atom is 0.220 e. The number of fused-ring (bicyclic) bond motifs is 1. The van der Waals surface area contributed by atoms with Crippen LogP contribution >= 0.6 is 11.6 Å². The van der Waals surface area contributed by atoms with Gasteiger partial charge in [-0.2, -0.15) is 19.9 Å². The van der Waals surface area contributed by atoms with Crippen LogP contribution in [-0.4, -0.2) is 47.3 Å². The maximum atomic E-state index is 13.8. The zero-order valence-corrected chi connectivity index (χ0v) is 17.5. The molecule has 1 N–H and O–H groups in total. The number of hydrogen-bond acceptors (Lipinski definition) is 8. The lowest BCUT2D eigenvalue weighted by Crippen LogP contribution is -2.32. The molecule has 2 aliphatic heterocycles. The van der Waals surface area contributed by atoms with Gasteiger partial charge >= 0.3 is 0 Å². The first-order valence-electron chi connectivity index (χ1n) is 9.93. The van der Waals surface area contributed by atoms with Crippen LogP contribution in [-0.2, 0) is 24.2 Å². The predicted molar refractivity (Wildman–Crippen MR) is 110 cm³/mol. The SMILES string of the molecule is N#CCNc1nc(Cl)c(C#N)c2c1CCN(Cc1ccc(F)nc1OC1CCOC1)C2. The molecule has 0 aliphatic carbocycles. The molecule has 1 saturated heterocycles. The lowest BCUT2D eigenvalue weighted by Gasteiger charge is -2.31. The summed E-state index contributed by atoms with van der Waals surface area (Å²) in [5.74, 6) is 0.208. The Labute approximate surface area is 184 Å². The van der Waals surface area contributed by atoms with Gasteiger partial charge in [0.2, 0.25) is 11.8 Å². The standard InChI is InChI=1S/C21H20ClFN6O2/c22-19-16(9-25)17-11-29(7-3-15(17)20(28-19)26-6-5-24)10-13-1-2-18(23)27-21(13)31-14-4-8-30-12-14/h1-2,14H,3-4,6-8,10-12H2,(H,26,28). The fourth-order valence-electron chi connectivity index (χ4n) is 3.85. The molecule has 2 aromatic heterocycles. The lowest BCUT2D eigenvalue weighted by molar-refractivity contribution is 0.134. The number of anilines is 1. The maximum absolute atomic E-state index is 13.8. The van der Waals surface area contributed by atoms with Crippen molar-refractivity contribution < 1.29 is 13.9 Å². The Hall–Kier alpha value is -2.98. The summed E-state index contributed by atoms with van der Waals surface area (Å²) in [6, 6.07) is 7.16. The topological polar surface area (TPSA) is 107 Å². The van der Waals surface area contributed by atoms with Crippen LogP contribution in [0.1, 0.15) is 28.7 Å². The summed E-state index contributed by atoms with van der Waals surface area (Å²) in [6.45, 7) is 2.80. The largest absolute Gasteiger partial charge is 0.472 e. The van der Waals surface area contributed by atoms with Crippen LogP contribution < -0.4 is 10.1 Å². The molecular formula is C21H20ClFN6O2. The minimum absolute atomic E-state index is 0.0954. The number of nitrogens with zero attached hydrogens (tertiary/aromatic N) is 5. The second kappa shape index (κ2) is 9.44. The van der Waals surface area contributed by atoms with E-state index in [0.717, 1.165) is 23.1 Å². The second-order valence-electron chi connectivity index (χ2n) is 7.37. The minimum Gasteiger partial charge on any atom is -0.472 e.